The number of hydrogen-bond acceptors (Lipinski definition) is 3. The highest BCUT2D eigenvalue weighted by Crippen LogP contribution is 2.26. The summed E-state index contributed by atoms with van der Waals surface area (Å²) in [6.07, 6.45) is 2.05. The van der Waals surface area contributed by atoms with E-state index in [1.54, 1.807) is 18.2 Å². The molecule has 1 aromatic carbocycles. The molecule has 8 heteroatoms. The second-order valence-electron chi connectivity index (χ2n) is 7.15. The standard InChI is InChI=1S/C18H26Cl2N2O3S/c1-13(2)5-8-21-18(23)15-6-9-22(10-7-15)26(24,25)12-14-3-4-16(19)17(20)11-14/h3-4,11,13,15H,5-10,12H2,1-2H3,(H,21,23). The van der Waals surface area contributed by atoms with Crippen LogP contribution >= 0.6 is 23.2 Å². The molecule has 5 nitrogen and oxygen atoms in total. The molecule has 1 heterocycles. The molecule has 1 saturated heterocycles. The lowest BCUT2D eigenvalue weighted by molar-refractivity contribution is -0.126. The van der Waals surface area contributed by atoms with Gasteiger partial charge in [-0.05, 0) is 42.9 Å². The topological polar surface area (TPSA) is 66.5 Å². The zero-order valence-corrected chi connectivity index (χ0v) is 17.5. The molecule has 2 rings (SSSR count). The lowest BCUT2D eigenvalue weighted by Gasteiger charge is -2.30. The quantitative estimate of drug-likeness (QED) is 0.730. The predicted octanol–water partition coefficient (Wildman–Crippen LogP) is 3.70. The number of halogens is 2. The monoisotopic (exact) mass is 420 g/mol. The smallest absolute Gasteiger partial charge is 0.223 e. The van der Waals surface area contributed by atoms with Crippen LogP contribution in [0.4, 0.5) is 0 Å². The van der Waals surface area contributed by atoms with E-state index in [1.165, 1.54) is 4.31 Å². The highest BCUT2D eigenvalue weighted by atomic mass is 35.5. The van der Waals surface area contributed by atoms with E-state index in [1.807, 2.05) is 0 Å². The summed E-state index contributed by atoms with van der Waals surface area (Å²) in [5.41, 5.74) is 0.605. The first-order valence-electron chi connectivity index (χ1n) is 8.88. The highest BCUT2D eigenvalue weighted by Gasteiger charge is 2.31. The molecule has 1 fully saturated rings. The van der Waals surface area contributed by atoms with Crippen LogP contribution in [-0.4, -0.2) is 38.3 Å². The first-order valence-corrected chi connectivity index (χ1v) is 11.2. The summed E-state index contributed by atoms with van der Waals surface area (Å²) in [6, 6.07) is 4.85. The molecule has 0 spiro atoms. The molecule has 0 aromatic heterocycles. The number of carbonyl (C=O) groups excluding carboxylic acids is 1. The van der Waals surface area contributed by atoms with Crippen LogP contribution in [0, 0.1) is 11.8 Å². The van der Waals surface area contributed by atoms with E-state index in [-0.39, 0.29) is 17.6 Å². The van der Waals surface area contributed by atoms with E-state index < -0.39 is 10.0 Å². The Hall–Kier alpha value is -0.820. The summed E-state index contributed by atoms with van der Waals surface area (Å²) < 4.78 is 26.7. The number of benzene rings is 1. The molecule has 0 aliphatic carbocycles. The molecule has 1 N–H and O–H groups in total. The minimum atomic E-state index is -3.44. The zero-order valence-electron chi connectivity index (χ0n) is 15.2. The van der Waals surface area contributed by atoms with Crippen LogP contribution in [-0.2, 0) is 20.6 Å². The van der Waals surface area contributed by atoms with Crippen molar-refractivity contribution >= 4 is 39.1 Å². The maximum absolute atomic E-state index is 12.6. The summed E-state index contributed by atoms with van der Waals surface area (Å²) in [7, 11) is -3.44. The van der Waals surface area contributed by atoms with Crippen molar-refractivity contribution in [3.63, 3.8) is 0 Å². The van der Waals surface area contributed by atoms with Crippen LogP contribution in [0.2, 0.25) is 10.0 Å². The van der Waals surface area contributed by atoms with Gasteiger partial charge < -0.3 is 5.32 Å². The lowest BCUT2D eigenvalue weighted by atomic mass is 9.97. The Morgan fingerprint density at radius 3 is 2.46 bits per heavy atom. The lowest BCUT2D eigenvalue weighted by Crippen LogP contribution is -2.43. The Balaban J connectivity index is 1.87. The molecule has 1 aliphatic rings. The second-order valence-corrected chi connectivity index (χ2v) is 9.93. The molecule has 0 unspecified atom stereocenters. The Morgan fingerprint density at radius 2 is 1.88 bits per heavy atom. The molecule has 146 valence electrons. The van der Waals surface area contributed by atoms with Crippen molar-refractivity contribution in [3.8, 4) is 0 Å². The maximum atomic E-state index is 12.6. The number of amides is 1. The van der Waals surface area contributed by atoms with Gasteiger partial charge in [0.05, 0.1) is 15.8 Å². The SMILES string of the molecule is CC(C)CCNC(=O)C1CCN(S(=O)(=O)Cc2ccc(Cl)c(Cl)c2)CC1. The first kappa shape index (κ1) is 21.5. The van der Waals surface area contributed by atoms with Crippen LogP contribution in [0.15, 0.2) is 18.2 Å². The number of hydrogen-bond donors (Lipinski definition) is 1. The molecular formula is C18H26Cl2N2O3S. The molecule has 1 amide bonds. The van der Waals surface area contributed by atoms with E-state index in [4.69, 9.17) is 23.2 Å². The normalized spacial score (nSPS) is 16.8. The first-order chi connectivity index (χ1) is 12.2. The number of rotatable bonds is 7. The van der Waals surface area contributed by atoms with Crippen molar-refractivity contribution in [1.29, 1.82) is 0 Å². The van der Waals surface area contributed by atoms with Crippen molar-refractivity contribution in [2.45, 2.75) is 38.9 Å². The molecule has 0 bridgehead atoms. The highest BCUT2D eigenvalue weighted by molar-refractivity contribution is 7.88. The molecule has 0 saturated carbocycles. The second kappa shape index (κ2) is 9.40. The van der Waals surface area contributed by atoms with Crippen LogP contribution < -0.4 is 5.32 Å². The van der Waals surface area contributed by atoms with Gasteiger partial charge in [-0.15, -0.1) is 0 Å². The molecule has 1 aromatic rings. The summed E-state index contributed by atoms with van der Waals surface area (Å²) in [5.74, 6) is 0.351. The summed E-state index contributed by atoms with van der Waals surface area (Å²) >= 11 is 11.8. The third-order valence-electron chi connectivity index (χ3n) is 4.57. The summed E-state index contributed by atoms with van der Waals surface area (Å²) in [6.45, 7) is 5.64. The Labute approximate surface area is 166 Å². The van der Waals surface area contributed by atoms with Gasteiger partial charge in [0.25, 0.3) is 0 Å². The van der Waals surface area contributed by atoms with E-state index >= 15 is 0 Å². The van der Waals surface area contributed by atoms with Gasteiger partial charge in [-0.1, -0.05) is 43.1 Å². The molecule has 0 radical (unpaired) electrons. The van der Waals surface area contributed by atoms with Crippen LogP contribution in [0.25, 0.3) is 0 Å². The minimum Gasteiger partial charge on any atom is -0.356 e. The summed E-state index contributed by atoms with van der Waals surface area (Å²) in [4.78, 5) is 12.2. The van der Waals surface area contributed by atoms with Crippen LogP contribution in [0.3, 0.4) is 0 Å². The number of carbonyl (C=O) groups is 1. The summed E-state index contributed by atoms with van der Waals surface area (Å²) in [5, 5.41) is 3.70. The van der Waals surface area contributed by atoms with Gasteiger partial charge in [-0.25, -0.2) is 12.7 Å². The number of nitrogens with one attached hydrogen (secondary N) is 1. The van der Waals surface area contributed by atoms with Crippen molar-refractivity contribution < 1.29 is 13.2 Å². The van der Waals surface area contributed by atoms with E-state index in [0.717, 1.165) is 6.42 Å². The van der Waals surface area contributed by atoms with Crippen LogP contribution in [0.1, 0.15) is 38.7 Å². The van der Waals surface area contributed by atoms with Crippen molar-refractivity contribution in [2.24, 2.45) is 11.8 Å². The molecule has 1 aliphatic heterocycles. The van der Waals surface area contributed by atoms with Crippen LogP contribution in [0.5, 0.6) is 0 Å². The Kier molecular flexibility index (Phi) is 7.76. The van der Waals surface area contributed by atoms with Crippen molar-refractivity contribution in [1.82, 2.24) is 9.62 Å². The fourth-order valence-electron chi connectivity index (χ4n) is 2.96. The van der Waals surface area contributed by atoms with Crippen molar-refractivity contribution in [2.75, 3.05) is 19.6 Å². The minimum absolute atomic E-state index is 0.0344. The maximum Gasteiger partial charge on any atom is 0.223 e. The van der Waals surface area contributed by atoms with Gasteiger partial charge in [0.2, 0.25) is 15.9 Å². The predicted molar refractivity (Wildman–Crippen MR) is 106 cm³/mol. The number of sulfonamides is 1. The van der Waals surface area contributed by atoms with Gasteiger partial charge in [-0.2, -0.15) is 0 Å². The largest absolute Gasteiger partial charge is 0.356 e. The molecule has 0 atom stereocenters. The van der Waals surface area contributed by atoms with Gasteiger partial charge >= 0.3 is 0 Å². The van der Waals surface area contributed by atoms with E-state index in [2.05, 4.69) is 19.2 Å². The third kappa shape index (κ3) is 6.12. The van der Waals surface area contributed by atoms with E-state index in [9.17, 15) is 13.2 Å². The third-order valence-corrected chi connectivity index (χ3v) is 7.16. The van der Waals surface area contributed by atoms with Gasteiger partial charge in [-0.3, -0.25) is 4.79 Å². The van der Waals surface area contributed by atoms with E-state index in [0.29, 0.717) is 54.0 Å². The van der Waals surface area contributed by atoms with Crippen molar-refractivity contribution in [3.05, 3.63) is 33.8 Å². The average molecular weight is 421 g/mol. The Bertz CT molecular complexity index is 730. The fraction of sp³-hybridized carbons (Fsp3) is 0.611. The van der Waals surface area contributed by atoms with Gasteiger partial charge in [0, 0.05) is 25.6 Å². The average Bonchev–Trinajstić information content (AvgIpc) is 2.57. The zero-order chi connectivity index (χ0) is 19.3. The molecule has 26 heavy (non-hydrogen) atoms. The Morgan fingerprint density at radius 1 is 1.23 bits per heavy atom. The fourth-order valence-corrected chi connectivity index (χ4v) is 4.83. The number of nitrogens with zero attached hydrogens (tertiary/aromatic N) is 1. The number of piperidine rings is 1. The van der Waals surface area contributed by atoms with Gasteiger partial charge in [0.15, 0.2) is 0 Å². The molecular weight excluding hydrogens is 395 g/mol. The van der Waals surface area contributed by atoms with Gasteiger partial charge in [0.1, 0.15) is 0 Å².